The van der Waals surface area contributed by atoms with Gasteiger partial charge in [0.15, 0.2) is 0 Å². The number of nitrogens with two attached hydrogens (primary N) is 1. The fraction of sp³-hybridized carbons (Fsp3) is 0.964. The van der Waals surface area contributed by atoms with Crippen LogP contribution >= 0.6 is 0 Å². The molecule has 0 aromatic heterocycles. The molecule has 4 aliphatic rings. The molecular formula is C28H52NNaO9S2. The van der Waals surface area contributed by atoms with Crippen LogP contribution in [0.1, 0.15) is 98.3 Å². The van der Waals surface area contributed by atoms with E-state index in [-0.39, 0.29) is 48.0 Å². The largest absolute Gasteiger partial charge is 1.00 e. The van der Waals surface area contributed by atoms with Crippen LogP contribution < -0.4 is 35.3 Å². The molecule has 4 aliphatic carbocycles. The number of hydrogen-bond acceptors (Lipinski definition) is 7. The van der Waals surface area contributed by atoms with E-state index >= 15 is 0 Å². The molecule has 0 aromatic carbocycles. The Hall–Kier alpha value is 0.370. The second-order valence-corrected chi connectivity index (χ2v) is 15.6. The number of fused-ring (bicyclic) bond motifs is 5. The Morgan fingerprint density at radius 2 is 1.51 bits per heavy atom. The van der Waals surface area contributed by atoms with Gasteiger partial charge in [-0.15, -0.1) is 0 Å². The standard InChI is InChI=1S/C26H43O2.C2H7NO3S.Na.H2O4S/c1-5-18-20-10-6-7-14-25(20,3)22-13-15-26(4)19(17(2)9-8-16-27)11-12-21(26)23(22)24(18)28;3-1-2-7(4,5)6;;1-5(2,3)4/h17-24,28H,5-15H2,1-4H3;1-3H2,(H,4,5,6);;(H2,1,2,3,4)/q-1;;+1;/t17-,18-,19-,20+,21?,22?,23?,24-,25+,26-;;;/m1.../s1. The van der Waals surface area contributed by atoms with Crippen LogP contribution in [-0.4, -0.2) is 60.3 Å². The van der Waals surface area contributed by atoms with E-state index in [4.69, 9.17) is 27.8 Å². The summed E-state index contributed by atoms with van der Waals surface area (Å²) < 4.78 is 58.9. The summed E-state index contributed by atoms with van der Waals surface area (Å²) in [5.74, 6) is 4.14. The molecule has 4 fully saturated rings. The smallest absolute Gasteiger partial charge is 0.542 e. The number of aliphatic hydroxyl groups is 1. The maximum Gasteiger partial charge on any atom is 1.00 e. The minimum absolute atomic E-state index is 0. The zero-order chi connectivity index (χ0) is 30.5. The Bertz CT molecular complexity index is 1040. The first-order valence-corrected chi connectivity index (χ1v) is 17.8. The second-order valence-electron chi connectivity index (χ2n) is 13.1. The van der Waals surface area contributed by atoms with Crippen molar-refractivity contribution in [2.24, 2.45) is 58.0 Å². The van der Waals surface area contributed by atoms with Crippen LogP contribution in [0, 0.1) is 52.3 Å². The van der Waals surface area contributed by atoms with E-state index in [0.717, 1.165) is 30.6 Å². The van der Waals surface area contributed by atoms with Gasteiger partial charge in [-0.2, -0.15) is 23.3 Å². The fourth-order valence-electron chi connectivity index (χ4n) is 9.65. The van der Waals surface area contributed by atoms with Crippen molar-refractivity contribution >= 4 is 26.8 Å². The molecule has 41 heavy (non-hydrogen) atoms. The third-order valence-electron chi connectivity index (χ3n) is 11.2. The second kappa shape index (κ2) is 16.1. The molecule has 0 saturated heterocycles. The molecule has 0 bridgehead atoms. The monoisotopic (exact) mass is 633 g/mol. The molecule has 10 atom stereocenters. The van der Waals surface area contributed by atoms with Crippen molar-refractivity contribution in [3.05, 3.63) is 0 Å². The van der Waals surface area contributed by atoms with E-state index in [1.807, 2.05) is 0 Å². The van der Waals surface area contributed by atoms with Crippen LogP contribution in [0.5, 0.6) is 0 Å². The van der Waals surface area contributed by atoms with Crippen LogP contribution in [0.4, 0.5) is 0 Å². The molecule has 3 unspecified atom stereocenters. The van der Waals surface area contributed by atoms with Crippen LogP contribution in [0.25, 0.3) is 0 Å². The summed E-state index contributed by atoms with van der Waals surface area (Å²) in [6.45, 7) is 9.82. The Morgan fingerprint density at radius 1 is 0.927 bits per heavy atom. The van der Waals surface area contributed by atoms with E-state index in [0.29, 0.717) is 40.9 Å². The van der Waals surface area contributed by atoms with Crippen molar-refractivity contribution in [3.63, 3.8) is 0 Å². The van der Waals surface area contributed by atoms with Gasteiger partial charge in [-0.05, 0) is 90.8 Å². The molecule has 6 N–H and O–H groups in total. The predicted molar refractivity (Wildman–Crippen MR) is 154 cm³/mol. The fourth-order valence-corrected chi connectivity index (χ4v) is 9.95. The van der Waals surface area contributed by atoms with Crippen molar-refractivity contribution in [1.29, 1.82) is 0 Å². The van der Waals surface area contributed by atoms with E-state index < -0.39 is 20.5 Å². The summed E-state index contributed by atoms with van der Waals surface area (Å²) in [5, 5.41) is 11.7. The van der Waals surface area contributed by atoms with E-state index in [1.165, 1.54) is 51.4 Å². The summed E-state index contributed by atoms with van der Waals surface area (Å²) in [7, 11) is -8.47. The molecule has 0 heterocycles. The van der Waals surface area contributed by atoms with Gasteiger partial charge >= 0.3 is 40.0 Å². The molecule has 4 rings (SSSR count). The summed E-state index contributed by atoms with van der Waals surface area (Å²) in [4.78, 5) is 10.8. The first-order chi connectivity index (χ1) is 18.4. The zero-order valence-corrected chi connectivity index (χ0v) is 29.2. The molecule has 10 nitrogen and oxygen atoms in total. The van der Waals surface area contributed by atoms with Crippen LogP contribution in [0.15, 0.2) is 0 Å². The quantitative estimate of drug-likeness (QED) is 0.155. The van der Waals surface area contributed by atoms with Crippen molar-refractivity contribution < 1.29 is 70.0 Å². The van der Waals surface area contributed by atoms with Gasteiger partial charge in [0.2, 0.25) is 0 Å². The van der Waals surface area contributed by atoms with E-state index in [1.54, 1.807) is 0 Å². The predicted octanol–water partition coefficient (Wildman–Crippen LogP) is 1.35. The number of aliphatic hydroxyl groups excluding tert-OH is 1. The Labute approximate surface area is 270 Å². The van der Waals surface area contributed by atoms with Crippen LogP contribution in [0.3, 0.4) is 0 Å². The third-order valence-corrected chi connectivity index (χ3v) is 11.9. The molecule has 4 saturated carbocycles. The number of carbonyl (C=O) groups excluding carboxylic acids is 1. The van der Waals surface area contributed by atoms with Gasteiger partial charge in [0.05, 0.1) is 11.9 Å². The average Bonchev–Trinajstić information content (AvgIpc) is 3.19. The summed E-state index contributed by atoms with van der Waals surface area (Å²) in [6.07, 6.45) is 15.5. The van der Waals surface area contributed by atoms with Gasteiger partial charge in [-0.1, -0.05) is 53.4 Å². The minimum Gasteiger partial charge on any atom is -0.542 e. The molecule has 0 aromatic rings. The van der Waals surface area contributed by atoms with Gasteiger partial charge in [-0.25, -0.2) is 0 Å². The summed E-state index contributed by atoms with van der Waals surface area (Å²) >= 11 is 0. The number of rotatable bonds is 7. The Balaban J connectivity index is 0.000000548. The summed E-state index contributed by atoms with van der Waals surface area (Å²) in [5.41, 5.74) is 5.60. The molecule has 236 valence electrons. The van der Waals surface area contributed by atoms with E-state index in [9.17, 15) is 18.3 Å². The van der Waals surface area contributed by atoms with Gasteiger partial charge in [0.25, 0.3) is 10.1 Å². The van der Waals surface area contributed by atoms with Crippen molar-refractivity contribution in [1.82, 2.24) is 0 Å². The van der Waals surface area contributed by atoms with Gasteiger partial charge < -0.3 is 15.6 Å². The minimum atomic E-state index is -4.67. The third kappa shape index (κ3) is 9.93. The molecule has 0 radical (unpaired) electrons. The SMILES string of the molecule is CC[C@H]1[C@@H](O)C2C3CC[C@H]([C@H](C)CC[C-]=O)[C@@]3(C)CCC2[C@@]2(C)CCCC[C@@H]12.NCCS(=O)(=O)O.O=S(=O)(O)O.[Na+]. The van der Waals surface area contributed by atoms with Gasteiger partial charge in [-0.3, -0.25) is 19.9 Å². The summed E-state index contributed by atoms with van der Waals surface area (Å²) in [6, 6.07) is 0. The topological polar surface area (TPSA) is 192 Å². The zero-order valence-electron chi connectivity index (χ0n) is 25.5. The van der Waals surface area contributed by atoms with Gasteiger partial charge in [0.1, 0.15) is 0 Å². The first kappa shape index (κ1) is 39.4. The molecule has 0 aliphatic heterocycles. The van der Waals surface area contributed by atoms with E-state index in [2.05, 4.69) is 34.0 Å². The Morgan fingerprint density at radius 3 is 2.00 bits per heavy atom. The van der Waals surface area contributed by atoms with Gasteiger partial charge in [0, 0.05) is 6.54 Å². The maximum absolute atomic E-state index is 11.7. The molecule has 0 spiro atoms. The average molecular weight is 634 g/mol. The first-order valence-electron chi connectivity index (χ1n) is 14.8. The van der Waals surface area contributed by atoms with Crippen molar-refractivity contribution in [2.45, 2.75) is 104 Å². The molecule has 0 amide bonds. The van der Waals surface area contributed by atoms with Crippen LogP contribution in [0.2, 0.25) is 0 Å². The normalized spacial score (nSPS) is 38.7. The molecular weight excluding hydrogens is 581 g/mol. The maximum atomic E-state index is 11.7. The van der Waals surface area contributed by atoms with Crippen molar-refractivity contribution in [3.8, 4) is 0 Å². The molecule has 13 heteroatoms. The Kier molecular flexibility index (Phi) is 15.5. The van der Waals surface area contributed by atoms with Crippen LogP contribution in [-0.2, 0) is 25.3 Å². The van der Waals surface area contributed by atoms with Crippen molar-refractivity contribution in [2.75, 3.05) is 12.3 Å². The number of hydrogen-bond donors (Lipinski definition) is 5.